The lowest BCUT2D eigenvalue weighted by Gasteiger charge is -2.32. The second kappa shape index (κ2) is 7.51. The van der Waals surface area contributed by atoms with Crippen LogP contribution in [0.1, 0.15) is 57.7 Å². The van der Waals surface area contributed by atoms with Crippen molar-refractivity contribution in [3.63, 3.8) is 0 Å². The Morgan fingerprint density at radius 1 is 1.25 bits per heavy atom. The van der Waals surface area contributed by atoms with Crippen LogP contribution in [0.4, 0.5) is 4.79 Å². The number of rotatable bonds is 5. The highest BCUT2D eigenvalue weighted by Crippen LogP contribution is 2.24. The molecule has 0 saturated carbocycles. The second-order valence-corrected chi connectivity index (χ2v) is 7.28. The van der Waals surface area contributed by atoms with Crippen LogP contribution < -0.4 is 10.6 Å². The van der Waals surface area contributed by atoms with Gasteiger partial charge in [0.2, 0.25) is 0 Å². The first-order valence-corrected chi connectivity index (χ1v) is 9.29. The van der Waals surface area contributed by atoms with Crippen molar-refractivity contribution < 1.29 is 4.79 Å². The van der Waals surface area contributed by atoms with Crippen LogP contribution in [-0.2, 0) is 13.0 Å². The molecule has 134 valence electrons. The lowest BCUT2D eigenvalue weighted by atomic mass is 10.0. The van der Waals surface area contributed by atoms with Crippen LogP contribution in [0.3, 0.4) is 0 Å². The number of hydrogen-bond acceptors (Lipinski definition) is 4. The first kappa shape index (κ1) is 17.2. The molecule has 1 aromatic heterocycles. The van der Waals surface area contributed by atoms with Gasteiger partial charge in [0.15, 0.2) is 5.82 Å². The zero-order valence-corrected chi connectivity index (χ0v) is 15.1. The number of aryl methyl sites for hydroxylation is 1. The van der Waals surface area contributed by atoms with Crippen molar-refractivity contribution in [1.29, 1.82) is 0 Å². The number of urea groups is 1. The summed E-state index contributed by atoms with van der Waals surface area (Å²) in [5, 5.41) is 14.9. The highest BCUT2D eigenvalue weighted by molar-refractivity contribution is 5.74. The molecule has 1 aromatic rings. The van der Waals surface area contributed by atoms with E-state index in [4.69, 9.17) is 0 Å². The number of amides is 2. The van der Waals surface area contributed by atoms with Gasteiger partial charge in [-0.1, -0.05) is 20.8 Å². The summed E-state index contributed by atoms with van der Waals surface area (Å²) in [6.45, 7) is 10.6. The van der Waals surface area contributed by atoms with Gasteiger partial charge in [-0.3, -0.25) is 0 Å². The van der Waals surface area contributed by atoms with Gasteiger partial charge in [0.25, 0.3) is 0 Å². The number of likely N-dealkylation sites (tertiary alicyclic amines) is 1. The van der Waals surface area contributed by atoms with Crippen LogP contribution in [0.25, 0.3) is 0 Å². The second-order valence-electron chi connectivity index (χ2n) is 7.28. The van der Waals surface area contributed by atoms with Gasteiger partial charge in [-0.15, -0.1) is 10.2 Å². The van der Waals surface area contributed by atoms with Crippen molar-refractivity contribution in [2.45, 2.75) is 65.1 Å². The molecule has 2 aliphatic heterocycles. The van der Waals surface area contributed by atoms with E-state index in [0.29, 0.717) is 0 Å². The van der Waals surface area contributed by atoms with E-state index in [9.17, 15) is 4.79 Å². The van der Waals surface area contributed by atoms with Crippen LogP contribution in [0.5, 0.6) is 0 Å². The number of fused-ring (bicyclic) bond motifs is 1. The monoisotopic (exact) mass is 334 g/mol. The summed E-state index contributed by atoms with van der Waals surface area (Å²) in [4.78, 5) is 14.9. The van der Waals surface area contributed by atoms with Crippen LogP contribution in [-0.4, -0.2) is 51.4 Å². The zero-order valence-electron chi connectivity index (χ0n) is 15.1. The number of nitrogens with zero attached hydrogens (tertiary/aromatic N) is 4. The number of carbonyl (C=O) groups excluding carboxylic acids is 1. The number of nitrogens with one attached hydrogen (secondary N) is 2. The van der Waals surface area contributed by atoms with Crippen molar-refractivity contribution in [2.75, 3.05) is 19.6 Å². The van der Waals surface area contributed by atoms with Gasteiger partial charge < -0.3 is 20.1 Å². The van der Waals surface area contributed by atoms with E-state index >= 15 is 0 Å². The Morgan fingerprint density at radius 2 is 2.00 bits per heavy atom. The molecule has 7 nitrogen and oxygen atoms in total. The van der Waals surface area contributed by atoms with Crippen molar-refractivity contribution in [3.05, 3.63) is 11.6 Å². The third-order valence-corrected chi connectivity index (χ3v) is 5.24. The Kier molecular flexibility index (Phi) is 5.38. The number of carbonyl (C=O) groups is 1. The van der Waals surface area contributed by atoms with Gasteiger partial charge >= 0.3 is 6.03 Å². The SMILES string of the molecule is CCN1CCC(NC(=O)N[C@H](c2nnc3n2CCC3)C(C)C)CC1. The summed E-state index contributed by atoms with van der Waals surface area (Å²) in [7, 11) is 0. The minimum absolute atomic E-state index is 0.0843. The fraction of sp³-hybridized carbons (Fsp3) is 0.824. The lowest BCUT2D eigenvalue weighted by Crippen LogP contribution is -2.49. The summed E-state index contributed by atoms with van der Waals surface area (Å²) >= 11 is 0. The van der Waals surface area contributed by atoms with Gasteiger partial charge in [0.1, 0.15) is 5.82 Å². The first-order valence-electron chi connectivity index (χ1n) is 9.29. The summed E-state index contributed by atoms with van der Waals surface area (Å²) in [6.07, 6.45) is 4.15. The normalized spacial score (nSPS) is 20.2. The topological polar surface area (TPSA) is 75.1 Å². The molecular weight excluding hydrogens is 304 g/mol. The predicted octanol–water partition coefficient (Wildman–Crippen LogP) is 1.70. The fourth-order valence-electron chi connectivity index (χ4n) is 3.69. The van der Waals surface area contributed by atoms with E-state index in [2.05, 4.69) is 51.1 Å². The minimum Gasteiger partial charge on any atom is -0.335 e. The molecule has 3 rings (SSSR count). The largest absolute Gasteiger partial charge is 0.335 e. The minimum atomic E-state index is -0.0971. The highest BCUT2D eigenvalue weighted by atomic mass is 16.2. The van der Waals surface area contributed by atoms with Crippen LogP contribution in [0, 0.1) is 5.92 Å². The maximum atomic E-state index is 12.5. The smallest absolute Gasteiger partial charge is 0.315 e. The van der Waals surface area contributed by atoms with Gasteiger partial charge in [-0.2, -0.15) is 0 Å². The number of piperidine rings is 1. The van der Waals surface area contributed by atoms with Crippen molar-refractivity contribution >= 4 is 6.03 Å². The summed E-state index contributed by atoms with van der Waals surface area (Å²) < 4.78 is 2.17. The van der Waals surface area contributed by atoms with Gasteiger partial charge in [0, 0.05) is 32.1 Å². The molecule has 1 saturated heterocycles. The van der Waals surface area contributed by atoms with Gasteiger partial charge in [0.05, 0.1) is 6.04 Å². The summed E-state index contributed by atoms with van der Waals surface area (Å²) in [5.74, 6) is 2.21. The molecule has 2 N–H and O–H groups in total. The predicted molar refractivity (Wildman–Crippen MR) is 92.7 cm³/mol. The van der Waals surface area contributed by atoms with Crippen molar-refractivity contribution in [3.8, 4) is 0 Å². The molecule has 0 unspecified atom stereocenters. The molecule has 1 fully saturated rings. The van der Waals surface area contributed by atoms with E-state index in [1.54, 1.807) is 0 Å². The maximum absolute atomic E-state index is 12.5. The summed E-state index contributed by atoms with van der Waals surface area (Å²) in [6, 6.07) is 0.0869. The number of hydrogen-bond donors (Lipinski definition) is 2. The molecule has 3 heterocycles. The fourth-order valence-corrected chi connectivity index (χ4v) is 3.69. The van der Waals surface area contributed by atoms with E-state index in [1.165, 1.54) is 0 Å². The van der Waals surface area contributed by atoms with E-state index in [0.717, 1.165) is 63.5 Å². The number of aromatic nitrogens is 3. The quantitative estimate of drug-likeness (QED) is 0.859. The maximum Gasteiger partial charge on any atom is 0.315 e. The van der Waals surface area contributed by atoms with Gasteiger partial charge in [-0.05, 0) is 31.7 Å². The third-order valence-electron chi connectivity index (χ3n) is 5.24. The van der Waals surface area contributed by atoms with E-state index in [-0.39, 0.29) is 24.0 Å². The molecule has 0 spiro atoms. The molecule has 0 bridgehead atoms. The molecule has 0 aromatic carbocycles. The van der Waals surface area contributed by atoms with Crippen LogP contribution >= 0.6 is 0 Å². The van der Waals surface area contributed by atoms with Gasteiger partial charge in [-0.25, -0.2) is 4.79 Å². The average Bonchev–Trinajstić information content (AvgIpc) is 3.17. The molecule has 24 heavy (non-hydrogen) atoms. The Balaban J connectivity index is 1.58. The third kappa shape index (κ3) is 3.71. The van der Waals surface area contributed by atoms with E-state index in [1.807, 2.05) is 0 Å². The Labute approximate surface area is 144 Å². The molecular formula is C17H30N6O. The average molecular weight is 334 g/mol. The molecule has 7 heteroatoms. The van der Waals surface area contributed by atoms with E-state index < -0.39 is 0 Å². The molecule has 2 aliphatic rings. The van der Waals surface area contributed by atoms with Crippen LogP contribution in [0.2, 0.25) is 0 Å². The zero-order chi connectivity index (χ0) is 17.1. The Bertz CT molecular complexity index is 561. The lowest BCUT2D eigenvalue weighted by molar-refractivity contribution is 0.195. The molecule has 0 aliphatic carbocycles. The van der Waals surface area contributed by atoms with Crippen LogP contribution in [0.15, 0.2) is 0 Å². The molecule has 2 amide bonds. The molecule has 1 atom stereocenters. The highest BCUT2D eigenvalue weighted by Gasteiger charge is 2.28. The molecule has 0 radical (unpaired) electrons. The van der Waals surface area contributed by atoms with Crippen molar-refractivity contribution in [1.82, 2.24) is 30.3 Å². The Morgan fingerprint density at radius 3 is 2.67 bits per heavy atom. The Hall–Kier alpha value is -1.63. The standard InChI is InChI=1S/C17H30N6O/c1-4-22-10-7-13(8-11-22)18-17(24)19-15(12(2)3)16-21-20-14-6-5-9-23(14)16/h12-13,15H,4-11H2,1-3H3,(H2,18,19,24)/t15-/m0/s1. The first-order chi connectivity index (χ1) is 11.6. The van der Waals surface area contributed by atoms with Crippen molar-refractivity contribution in [2.24, 2.45) is 5.92 Å². The summed E-state index contributed by atoms with van der Waals surface area (Å²) in [5.41, 5.74) is 0.